The molecule has 5 heteroatoms. The number of rotatable bonds is 5. The Morgan fingerprint density at radius 1 is 1.29 bits per heavy atom. The summed E-state index contributed by atoms with van der Waals surface area (Å²) in [5, 5.41) is 3.85. The van der Waals surface area contributed by atoms with Crippen LogP contribution in [0.2, 0.25) is 0 Å². The molecule has 1 aromatic heterocycles. The second-order valence-electron chi connectivity index (χ2n) is 5.26. The van der Waals surface area contributed by atoms with Crippen molar-refractivity contribution in [2.75, 3.05) is 11.1 Å². The molecule has 1 saturated carbocycles. The first-order chi connectivity index (χ1) is 10.3. The minimum absolute atomic E-state index is 0.00664. The number of thioether (sulfide) groups is 1. The van der Waals surface area contributed by atoms with E-state index in [1.54, 1.807) is 0 Å². The van der Waals surface area contributed by atoms with Crippen molar-refractivity contribution in [1.82, 2.24) is 9.55 Å². The molecule has 0 atom stereocenters. The Kier molecular flexibility index (Phi) is 4.60. The monoisotopic (exact) mass is 301 g/mol. The molecule has 1 heterocycles. The summed E-state index contributed by atoms with van der Waals surface area (Å²) in [6.45, 7) is 0. The van der Waals surface area contributed by atoms with Crippen LogP contribution in [0.1, 0.15) is 31.7 Å². The van der Waals surface area contributed by atoms with E-state index >= 15 is 0 Å². The number of aromatic nitrogens is 2. The lowest BCUT2D eigenvalue weighted by molar-refractivity contribution is -0.113. The van der Waals surface area contributed by atoms with E-state index in [9.17, 15) is 4.79 Å². The zero-order chi connectivity index (χ0) is 14.5. The topological polar surface area (TPSA) is 46.9 Å². The third kappa shape index (κ3) is 3.67. The van der Waals surface area contributed by atoms with Crippen LogP contribution in [0.15, 0.2) is 47.9 Å². The quantitative estimate of drug-likeness (QED) is 0.856. The van der Waals surface area contributed by atoms with Gasteiger partial charge in [0.15, 0.2) is 5.16 Å². The van der Waals surface area contributed by atoms with E-state index in [0.717, 1.165) is 10.8 Å². The summed E-state index contributed by atoms with van der Waals surface area (Å²) < 4.78 is 2.23. The molecule has 0 saturated heterocycles. The lowest BCUT2D eigenvalue weighted by Gasteiger charge is -2.14. The van der Waals surface area contributed by atoms with E-state index in [4.69, 9.17) is 0 Å². The molecular formula is C16H19N3OS. The first-order valence-electron chi connectivity index (χ1n) is 7.33. The molecule has 4 nitrogen and oxygen atoms in total. The maximum absolute atomic E-state index is 12.0. The SMILES string of the molecule is O=C(CSc1nccn1C1CCCC1)Nc1ccccc1. The standard InChI is InChI=1S/C16H19N3OS/c20-15(18-13-6-2-1-3-7-13)12-21-16-17-10-11-19(16)14-8-4-5-9-14/h1-3,6-7,10-11,14H,4-5,8-9,12H2,(H,18,20). The maximum Gasteiger partial charge on any atom is 0.234 e. The molecule has 3 rings (SSSR count). The lowest BCUT2D eigenvalue weighted by atomic mass is 10.2. The van der Waals surface area contributed by atoms with Gasteiger partial charge in [-0.25, -0.2) is 4.98 Å². The van der Waals surface area contributed by atoms with Crippen molar-refractivity contribution >= 4 is 23.4 Å². The van der Waals surface area contributed by atoms with E-state index < -0.39 is 0 Å². The normalized spacial score (nSPS) is 15.2. The Labute approximate surface area is 129 Å². The van der Waals surface area contributed by atoms with Crippen LogP contribution in [0.4, 0.5) is 5.69 Å². The highest BCUT2D eigenvalue weighted by molar-refractivity contribution is 7.99. The highest BCUT2D eigenvalue weighted by Gasteiger charge is 2.19. The van der Waals surface area contributed by atoms with Gasteiger partial charge in [-0.2, -0.15) is 0 Å². The van der Waals surface area contributed by atoms with Gasteiger partial charge in [-0.05, 0) is 25.0 Å². The van der Waals surface area contributed by atoms with Gasteiger partial charge in [0.25, 0.3) is 0 Å². The van der Waals surface area contributed by atoms with Gasteiger partial charge in [0, 0.05) is 24.1 Å². The predicted molar refractivity (Wildman–Crippen MR) is 85.5 cm³/mol. The van der Waals surface area contributed by atoms with Crippen LogP contribution in [-0.2, 0) is 4.79 Å². The van der Waals surface area contributed by atoms with E-state index in [2.05, 4.69) is 14.9 Å². The average Bonchev–Trinajstić information content (AvgIpc) is 3.17. The first kappa shape index (κ1) is 14.2. The molecule has 0 unspecified atom stereocenters. The summed E-state index contributed by atoms with van der Waals surface area (Å²) in [6, 6.07) is 10.1. The number of carbonyl (C=O) groups excluding carboxylic acids is 1. The molecule has 1 N–H and O–H groups in total. The largest absolute Gasteiger partial charge is 0.325 e. The van der Waals surface area contributed by atoms with Crippen molar-refractivity contribution in [2.24, 2.45) is 0 Å². The van der Waals surface area contributed by atoms with Crippen LogP contribution in [0.5, 0.6) is 0 Å². The Morgan fingerprint density at radius 3 is 2.81 bits per heavy atom. The summed E-state index contributed by atoms with van der Waals surface area (Å²) in [6.07, 6.45) is 8.90. The molecular weight excluding hydrogens is 282 g/mol. The highest BCUT2D eigenvalue weighted by atomic mass is 32.2. The number of hydrogen-bond donors (Lipinski definition) is 1. The molecule has 1 fully saturated rings. The number of carbonyl (C=O) groups is 1. The molecule has 110 valence electrons. The zero-order valence-corrected chi connectivity index (χ0v) is 12.7. The Balaban J connectivity index is 1.55. The Morgan fingerprint density at radius 2 is 2.05 bits per heavy atom. The van der Waals surface area contributed by atoms with Crippen molar-refractivity contribution in [3.63, 3.8) is 0 Å². The molecule has 0 radical (unpaired) electrons. The minimum atomic E-state index is 0.00664. The number of para-hydroxylation sites is 1. The van der Waals surface area contributed by atoms with Gasteiger partial charge in [-0.15, -0.1) is 0 Å². The fourth-order valence-corrected chi connectivity index (χ4v) is 3.55. The Bertz CT molecular complexity index is 591. The first-order valence-corrected chi connectivity index (χ1v) is 8.32. The fourth-order valence-electron chi connectivity index (χ4n) is 2.72. The van der Waals surface area contributed by atoms with Crippen LogP contribution in [0.3, 0.4) is 0 Å². The van der Waals surface area contributed by atoms with Gasteiger partial charge in [0.2, 0.25) is 5.91 Å². The lowest BCUT2D eigenvalue weighted by Crippen LogP contribution is -2.15. The molecule has 0 aliphatic heterocycles. The summed E-state index contributed by atoms with van der Waals surface area (Å²) in [4.78, 5) is 16.4. The van der Waals surface area contributed by atoms with Crippen LogP contribution in [0, 0.1) is 0 Å². The third-order valence-corrected chi connectivity index (χ3v) is 4.72. The molecule has 1 aromatic carbocycles. The summed E-state index contributed by atoms with van der Waals surface area (Å²) in [7, 11) is 0. The smallest absolute Gasteiger partial charge is 0.234 e. The van der Waals surface area contributed by atoms with Gasteiger partial charge in [0.05, 0.1) is 5.75 Å². The number of amides is 1. The third-order valence-electron chi connectivity index (χ3n) is 3.74. The van der Waals surface area contributed by atoms with Gasteiger partial charge in [-0.3, -0.25) is 4.79 Å². The number of nitrogens with one attached hydrogen (secondary N) is 1. The minimum Gasteiger partial charge on any atom is -0.325 e. The van der Waals surface area contributed by atoms with Crippen molar-refractivity contribution < 1.29 is 4.79 Å². The van der Waals surface area contributed by atoms with Gasteiger partial charge < -0.3 is 9.88 Å². The Hall–Kier alpha value is -1.75. The van der Waals surface area contributed by atoms with Crippen molar-refractivity contribution in [1.29, 1.82) is 0 Å². The number of anilines is 1. The van der Waals surface area contributed by atoms with Crippen LogP contribution >= 0.6 is 11.8 Å². The molecule has 1 aliphatic rings. The van der Waals surface area contributed by atoms with Crippen LogP contribution < -0.4 is 5.32 Å². The zero-order valence-electron chi connectivity index (χ0n) is 11.9. The number of nitrogens with zero attached hydrogens (tertiary/aromatic N) is 2. The van der Waals surface area contributed by atoms with Crippen molar-refractivity contribution in [3.8, 4) is 0 Å². The van der Waals surface area contributed by atoms with Crippen molar-refractivity contribution in [3.05, 3.63) is 42.7 Å². The van der Waals surface area contributed by atoms with Crippen molar-refractivity contribution in [2.45, 2.75) is 36.9 Å². The molecule has 1 aliphatic carbocycles. The number of imidazole rings is 1. The summed E-state index contributed by atoms with van der Waals surface area (Å²) >= 11 is 1.51. The van der Waals surface area contributed by atoms with E-state index in [1.165, 1.54) is 37.4 Å². The molecule has 0 spiro atoms. The number of hydrogen-bond acceptors (Lipinski definition) is 3. The van der Waals surface area contributed by atoms with E-state index in [1.807, 2.05) is 42.7 Å². The molecule has 21 heavy (non-hydrogen) atoms. The number of benzene rings is 1. The average molecular weight is 301 g/mol. The maximum atomic E-state index is 12.0. The molecule has 2 aromatic rings. The fraction of sp³-hybridized carbons (Fsp3) is 0.375. The van der Waals surface area contributed by atoms with Gasteiger partial charge in [-0.1, -0.05) is 42.8 Å². The predicted octanol–water partition coefficient (Wildman–Crippen LogP) is 3.73. The van der Waals surface area contributed by atoms with Crippen LogP contribution in [0.25, 0.3) is 0 Å². The second-order valence-corrected chi connectivity index (χ2v) is 6.20. The van der Waals surface area contributed by atoms with Gasteiger partial charge >= 0.3 is 0 Å². The summed E-state index contributed by atoms with van der Waals surface area (Å²) in [5.41, 5.74) is 0.835. The highest BCUT2D eigenvalue weighted by Crippen LogP contribution is 2.32. The van der Waals surface area contributed by atoms with E-state index in [0.29, 0.717) is 11.8 Å². The summed E-state index contributed by atoms with van der Waals surface area (Å²) in [5.74, 6) is 0.394. The second kappa shape index (κ2) is 6.80. The van der Waals surface area contributed by atoms with Gasteiger partial charge in [0.1, 0.15) is 0 Å². The molecule has 1 amide bonds. The molecule has 0 bridgehead atoms. The van der Waals surface area contributed by atoms with E-state index in [-0.39, 0.29) is 5.91 Å². The van der Waals surface area contributed by atoms with Crippen LogP contribution in [-0.4, -0.2) is 21.2 Å².